The fraction of sp³-hybridized carbons (Fsp3) is 0.556. The van der Waals surface area contributed by atoms with Crippen LogP contribution in [0.5, 0.6) is 11.5 Å². The maximum Gasteiger partial charge on any atom is 0.231 e. The van der Waals surface area contributed by atoms with Crippen molar-refractivity contribution in [1.82, 2.24) is 4.90 Å². The third kappa shape index (κ3) is 2.13. The average Bonchev–Trinajstić information content (AvgIpc) is 2.60. The van der Waals surface area contributed by atoms with E-state index in [1.165, 1.54) is 5.56 Å². The van der Waals surface area contributed by atoms with E-state index in [-0.39, 0.29) is 17.9 Å². The maximum atomic E-state index is 12.9. The summed E-state index contributed by atoms with van der Waals surface area (Å²) in [6.07, 6.45) is 3.61. The Balaban J connectivity index is 1.82. The molecule has 5 nitrogen and oxygen atoms in total. The van der Waals surface area contributed by atoms with Crippen LogP contribution in [0.4, 0.5) is 0 Å². The number of hydrogen-bond donors (Lipinski definition) is 0. The molecule has 5 heteroatoms. The van der Waals surface area contributed by atoms with Crippen molar-refractivity contribution in [3.8, 4) is 11.5 Å². The van der Waals surface area contributed by atoms with E-state index in [0.717, 1.165) is 61.5 Å². The first kappa shape index (κ1) is 14.5. The van der Waals surface area contributed by atoms with Gasteiger partial charge >= 0.3 is 0 Å². The van der Waals surface area contributed by atoms with E-state index >= 15 is 0 Å². The molecule has 2 atom stereocenters. The summed E-state index contributed by atoms with van der Waals surface area (Å²) in [6, 6.07) is 3.93. The van der Waals surface area contributed by atoms with Crippen molar-refractivity contribution in [3.05, 3.63) is 23.3 Å². The molecular formula is C18H22N2O3. The number of nitrogens with zero attached hydrogens (tertiary/aromatic N) is 2. The van der Waals surface area contributed by atoms with Crippen molar-refractivity contribution in [1.29, 1.82) is 0 Å². The fourth-order valence-electron chi connectivity index (χ4n) is 4.30. The number of carbonyl (C=O) groups is 1. The second kappa shape index (κ2) is 5.55. The van der Waals surface area contributed by atoms with Crippen molar-refractivity contribution < 1.29 is 14.3 Å². The summed E-state index contributed by atoms with van der Waals surface area (Å²) in [4.78, 5) is 19.6. The molecule has 0 saturated carbocycles. The van der Waals surface area contributed by atoms with Gasteiger partial charge in [-0.25, -0.2) is 0 Å². The summed E-state index contributed by atoms with van der Waals surface area (Å²) in [6.45, 7) is 1.61. The number of carbonyl (C=O) groups excluding carboxylic acids is 1. The Morgan fingerprint density at radius 3 is 2.78 bits per heavy atom. The van der Waals surface area contributed by atoms with Crippen molar-refractivity contribution in [2.75, 3.05) is 27.3 Å². The Kier molecular flexibility index (Phi) is 3.51. The van der Waals surface area contributed by atoms with Gasteiger partial charge in [-0.05, 0) is 31.4 Å². The van der Waals surface area contributed by atoms with Gasteiger partial charge < -0.3 is 14.4 Å². The topological polar surface area (TPSA) is 51.1 Å². The van der Waals surface area contributed by atoms with Crippen LogP contribution in [0.25, 0.3) is 0 Å². The van der Waals surface area contributed by atoms with Gasteiger partial charge in [-0.15, -0.1) is 0 Å². The van der Waals surface area contributed by atoms with Crippen molar-refractivity contribution in [2.24, 2.45) is 10.9 Å². The van der Waals surface area contributed by atoms with Crippen molar-refractivity contribution in [2.45, 2.75) is 31.7 Å². The van der Waals surface area contributed by atoms with Crippen LogP contribution >= 0.6 is 0 Å². The van der Waals surface area contributed by atoms with Gasteiger partial charge in [0.15, 0.2) is 0 Å². The first-order chi connectivity index (χ1) is 11.2. The molecule has 0 aliphatic carbocycles. The molecule has 1 aromatic carbocycles. The van der Waals surface area contributed by atoms with Gasteiger partial charge in [-0.2, -0.15) is 0 Å². The molecule has 0 radical (unpaired) electrons. The predicted molar refractivity (Wildman–Crippen MR) is 87.3 cm³/mol. The molecule has 4 rings (SSSR count). The lowest BCUT2D eigenvalue weighted by Gasteiger charge is -2.45. The van der Waals surface area contributed by atoms with Crippen LogP contribution in [0.3, 0.4) is 0 Å². The number of methoxy groups -OCH3 is 2. The van der Waals surface area contributed by atoms with Crippen LogP contribution in [-0.2, 0) is 11.2 Å². The molecule has 0 spiro atoms. The van der Waals surface area contributed by atoms with E-state index in [2.05, 4.69) is 4.99 Å². The highest BCUT2D eigenvalue weighted by Gasteiger charge is 2.44. The average molecular weight is 314 g/mol. The van der Waals surface area contributed by atoms with Gasteiger partial charge in [0.1, 0.15) is 11.5 Å². The molecule has 3 aliphatic heterocycles. The van der Waals surface area contributed by atoms with Crippen LogP contribution in [-0.4, -0.2) is 43.8 Å². The molecule has 0 aromatic heterocycles. The molecule has 122 valence electrons. The summed E-state index contributed by atoms with van der Waals surface area (Å²) >= 11 is 0. The summed E-state index contributed by atoms with van der Waals surface area (Å²) < 4.78 is 11.1. The van der Waals surface area contributed by atoms with E-state index < -0.39 is 0 Å². The summed E-state index contributed by atoms with van der Waals surface area (Å²) in [7, 11) is 3.38. The highest BCUT2D eigenvalue weighted by molar-refractivity contribution is 6.07. The molecule has 1 saturated heterocycles. The van der Waals surface area contributed by atoms with Crippen LogP contribution in [0.2, 0.25) is 0 Å². The first-order valence-corrected chi connectivity index (χ1v) is 8.32. The molecule has 23 heavy (non-hydrogen) atoms. The van der Waals surface area contributed by atoms with Gasteiger partial charge in [-0.1, -0.05) is 0 Å². The molecule has 3 heterocycles. The molecule has 2 unspecified atom stereocenters. The molecular weight excluding hydrogens is 292 g/mol. The van der Waals surface area contributed by atoms with Crippen LogP contribution < -0.4 is 9.47 Å². The van der Waals surface area contributed by atoms with Crippen LogP contribution in [0, 0.1) is 5.92 Å². The minimum Gasteiger partial charge on any atom is -0.496 e. The van der Waals surface area contributed by atoms with Crippen LogP contribution in [0.1, 0.15) is 36.4 Å². The summed E-state index contributed by atoms with van der Waals surface area (Å²) in [5.41, 5.74) is 3.37. The Bertz CT molecular complexity index is 683. The molecule has 3 aliphatic rings. The zero-order valence-corrected chi connectivity index (χ0v) is 13.7. The molecule has 1 fully saturated rings. The van der Waals surface area contributed by atoms with E-state index in [1.807, 2.05) is 17.0 Å². The number of benzene rings is 1. The van der Waals surface area contributed by atoms with Crippen molar-refractivity contribution in [3.63, 3.8) is 0 Å². The van der Waals surface area contributed by atoms with E-state index in [0.29, 0.717) is 0 Å². The number of fused-ring (bicyclic) bond motifs is 4. The van der Waals surface area contributed by atoms with Crippen LogP contribution in [0.15, 0.2) is 17.1 Å². The third-order valence-corrected chi connectivity index (χ3v) is 5.38. The van der Waals surface area contributed by atoms with E-state index in [1.54, 1.807) is 14.2 Å². The Hall–Kier alpha value is -2.04. The largest absolute Gasteiger partial charge is 0.496 e. The number of aliphatic imine (C=N–C) groups is 1. The molecule has 1 aromatic rings. The Labute approximate surface area is 136 Å². The second-order valence-electron chi connectivity index (χ2n) is 6.43. The number of ether oxygens (including phenoxy) is 2. The SMILES string of the molecule is COc1ccc(OC)c2c1CCN1C(=O)C3CCCN=C3CC21. The third-order valence-electron chi connectivity index (χ3n) is 5.38. The maximum absolute atomic E-state index is 12.9. The lowest BCUT2D eigenvalue weighted by atomic mass is 9.78. The molecule has 0 bridgehead atoms. The van der Waals surface area contributed by atoms with Gasteiger partial charge in [0.2, 0.25) is 5.91 Å². The first-order valence-electron chi connectivity index (χ1n) is 8.32. The minimum atomic E-state index is 0.0122. The van der Waals surface area contributed by atoms with Gasteiger partial charge in [0, 0.05) is 36.3 Å². The smallest absolute Gasteiger partial charge is 0.231 e. The lowest BCUT2D eigenvalue weighted by molar-refractivity contribution is -0.138. The highest BCUT2D eigenvalue weighted by atomic mass is 16.5. The minimum absolute atomic E-state index is 0.0122. The number of piperidine rings is 1. The monoisotopic (exact) mass is 314 g/mol. The number of rotatable bonds is 2. The van der Waals surface area contributed by atoms with Gasteiger partial charge in [-0.3, -0.25) is 9.79 Å². The lowest BCUT2D eigenvalue weighted by Crippen LogP contribution is -2.51. The molecule has 1 amide bonds. The fourth-order valence-corrected chi connectivity index (χ4v) is 4.30. The normalized spacial score (nSPS) is 25.9. The standard InChI is InChI=1S/C18H22N2O3/c1-22-15-5-6-16(23-2)17-12(15)7-9-20-14(17)10-13-11(18(20)21)4-3-8-19-13/h5-6,11,14H,3-4,7-10H2,1-2H3. The quantitative estimate of drug-likeness (QED) is 0.842. The van der Waals surface area contributed by atoms with Gasteiger partial charge in [0.05, 0.1) is 26.2 Å². The number of hydrogen-bond acceptors (Lipinski definition) is 4. The second-order valence-corrected chi connectivity index (χ2v) is 6.43. The number of amides is 1. The Morgan fingerprint density at radius 2 is 2.00 bits per heavy atom. The summed E-state index contributed by atoms with van der Waals surface area (Å²) in [5.74, 6) is 1.99. The zero-order valence-electron chi connectivity index (χ0n) is 13.7. The van der Waals surface area contributed by atoms with E-state index in [9.17, 15) is 4.79 Å². The Morgan fingerprint density at radius 1 is 1.22 bits per heavy atom. The van der Waals surface area contributed by atoms with E-state index in [4.69, 9.17) is 9.47 Å². The van der Waals surface area contributed by atoms with Gasteiger partial charge in [0.25, 0.3) is 0 Å². The summed E-state index contributed by atoms with van der Waals surface area (Å²) in [5, 5.41) is 0. The zero-order chi connectivity index (χ0) is 16.0. The molecule has 0 N–H and O–H groups in total. The predicted octanol–water partition coefficient (Wildman–Crippen LogP) is 2.38. The van der Waals surface area contributed by atoms with Crippen molar-refractivity contribution >= 4 is 11.6 Å². The highest BCUT2D eigenvalue weighted by Crippen LogP contribution is 2.46.